The third kappa shape index (κ3) is 4.77. The van der Waals surface area contributed by atoms with Crippen molar-refractivity contribution in [2.75, 3.05) is 0 Å². The lowest BCUT2D eigenvalue weighted by molar-refractivity contribution is -0.119. The maximum absolute atomic E-state index is 10.8. The van der Waals surface area contributed by atoms with Crippen molar-refractivity contribution in [1.82, 2.24) is 5.32 Å². The smallest absolute Gasteiger partial charge is 0.219 e. The summed E-state index contributed by atoms with van der Waals surface area (Å²) in [7, 11) is 0. The van der Waals surface area contributed by atoms with E-state index in [2.05, 4.69) is 21.2 Å². The van der Waals surface area contributed by atoms with Gasteiger partial charge in [0.2, 0.25) is 5.91 Å². The van der Waals surface area contributed by atoms with Gasteiger partial charge in [-0.2, -0.15) is 0 Å². The van der Waals surface area contributed by atoms with Crippen LogP contribution in [0.15, 0.2) is 28.7 Å². The molecule has 0 aliphatic carbocycles. The van der Waals surface area contributed by atoms with E-state index in [9.17, 15) is 4.79 Å². The van der Waals surface area contributed by atoms with Crippen LogP contribution in [0.4, 0.5) is 0 Å². The quantitative estimate of drug-likeness (QED) is 0.871. The van der Waals surface area contributed by atoms with E-state index >= 15 is 0 Å². The topological polar surface area (TPSA) is 55.1 Å². The number of nitrogens with two attached hydrogens (primary N) is 1. The molecule has 4 heteroatoms. The molecule has 1 rings (SSSR count). The molecule has 88 valence electrons. The number of primary amides is 1. The molecule has 0 saturated heterocycles. The molecule has 0 spiro atoms. The zero-order chi connectivity index (χ0) is 12.2. The summed E-state index contributed by atoms with van der Waals surface area (Å²) in [5.74, 6) is -0.284. The zero-order valence-corrected chi connectivity index (χ0v) is 11.2. The minimum absolute atomic E-state index is 0.265. The Labute approximate surface area is 105 Å². The van der Waals surface area contributed by atoms with Crippen molar-refractivity contribution in [2.24, 2.45) is 5.73 Å². The molecule has 1 aromatic rings. The molecule has 0 aliphatic rings. The van der Waals surface area contributed by atoms with E-state index in [1.807, 2.05) is 38.1 Å². The summed E-state index contributed by atoms with van der Waals surface area (Å²) in [4.78, 5) is 10.8. The van der Waals surface area contributed by atoms with Gasteiger partial charge in [-0.1, -0.05) is 28.1 Å². The lowest BCUT2D eigenvalue weighted by atomic mass is 10.00. The summed E-state index contributed by atoms with van der Waals surface area (Å²) < 4.78 is 1.06. The standard InChI is InChI=1S/C12H17BrN2O/c1-12(2,7-11(14)16)15-8-9-3-5-10(13)6-4-9/h3-6,15H,7-8H2,1-2H3,(H2,14,16). The molecule has 0 fully saturated rings. The Morgan fingerprint density at radius 2 is 1.94 bits per heavy atom. The van der Waals surface area contributed by atoms with Crippen LogP contribution >= 0.6 is 15.9 Å². The third-order valence-corrected chi connectivity index (χ3v) is 2.83. The Morgan fingerprint density at radius 3 is 2.44 bits per heavy atom. The first-order chi connectivity index (χ1) is 7.39. The van der Waals surface area contributed by atoms with Crippen molar-refractivity contribution in [2.45, 2.75) is 32.4 Å². The molecule has 3 N–H and O–H groups in total. The Morgan fingerprint density at radius 1 is 1.38 bits per heavy atom. The van der Waals surface area contributed by atoms with Crippen molar-refractivity contribution < 1.29 is 4.79 Å². The molecule has 16 heavy (non-hydrogen) atoms. The van der Waals surface area contributed by atoms with Gasteiger partial charge in [0.05, 0.1) is 0 Å². The number of hydrogen-bond donors (Lipinski definition) is 2. The van der Waals surface area contributed by atoms with Gasteiger partial charge in [-0.25, -0.2) is 0 Å². The number of halogens is 1. The summed E-state index contributed by atoms with van der Waals surface area (Å²) in [6, 6.07) is 8.07. The van der Waals surface area contributed by atoms with Crippen molar-refractivity contribution >= 4 is 21.8 Å². The van der Waals surface area contributed by atoms with E-state index in [0.29, 0.717) is 6.42 Å². The predicted octanol–water partition coefficient (Wildman–Crippen LogP) is 2.19. The van der Waals surface area contributed by atoms with Gasteiger partial charge in [-0.05, 0) is 31.5 Å². The monoisotopic (exact) mass is 284 g/mol. The molecule has 0 heterocycles. The number of amides is 1. The second-order valence-electron chi connectivity index (χ2n) is 4.51. The van der Waals surface area contributed by atoms with Crippen LogP contribution in [0, 0.1) is 0 Å². The van der Waals surface area contributed by atoms with Gasteiger partial charge in [0, 0.05) is 23.0 Å². The van der Waals surface area contributed by atoms with Crippen LogP contribution in [0.1, 0.15) is 25.8 Å². The second-order valence-corrected chi connectivity index (χ2v) is 5.42. The molecule has 0 bridgehead atoms. The molecule has 0 saturated carbocycles. The van der Waals surface area contributed by atoms with Crippen LogP contribution in [-0.4, -0.2) is 11.4 Å². The van der Waals surface area contributed by atoms with Crippen LogP contribution in [0.2, 0.25) is 0 Å². The summed E-state index contributed by atoms with van der Waals surface area (Å²) in [5.41, 5.74) is 6.10. The van der Waals surface area contributed by atoms with Gasteiger partial charge < -0.3 is 11.1 Å². The van der Waals surface area contributed by atoms with Gasteiger partial charge in [0.15, 0.2) is 0 Å². The molecule has 0 aliphatic heterocycles. The van der Waals surface area contributed by atoms with E-state index in [-0.39, 0.29) is 11.4 Å². The summed E-state index contributed by atoms with van der Waals surface area (Å²) in [6.07, 6.45) is 0.337. The van der Waals surface area contributed by atoms with Crippen molar-refractivity contribution in [3.8, 4) is 0 Å². The molecule has 3 nitrogen and oxygen atoms in total. The first-order valence-electron chi connectivity index (χ1n) is 5.17. The second kappa shape index (κ2) is 5.46. The van der Waals surface area contributed by atoms with Gasteiger partial charge in [0.25, 0.3) is 0 Å². The Balaban J connectivity index is 2.50. The Bertz CT molecular complexity index is 360. The average Bonchev–Trinajstić information content (AvgIpc) is 2.15. The van der Waals surface area contributed by atoms with Crippen molar-refractivity contribution in [1.29, 1.82) is 0 Å². The first-order valence-corrected chi connectivity index (χ1v) is 5.96. The van der Waals surface area contributed by atoms with Crippen LogP contribution < -0.4 is 11.1 Å². The number of rotatable bonds is 5. The molecular weight excluding hydrogens is 268 g/mol. The van der Waals surface area contributed by atoms with E-state index < -0.39 is 0 Å². The fraction of sp³-hybridized carbons (Fsp3) is 0.417. The van der Waals surface area contributed by atoms with E-state index in [0.717, 1.165) is 11.0 Å². The lowest BCUT2D eigenvalue weighted by Crippen LogP contribution is -2.42. The average molecular weight is 285 g/mol. The highest BCUT2D eigenvalue weighted by molar-refractivity contribution is 9.10. The summed E-state index contributed by atoms with van der Waals surface area (Å²) in [5, 5.41) is 3.31. The Hall–Kier alpha value is -0.870. The van der Waals surface area contributed by atoms with Crippen LogP contribution in [0.3, 0.4) is 0 Å². The maximum atomic E-state index is 10.8. The van der Waals surface area contributed by atoms with E-state index in [1.54, 1.807) is 0 Å². The molecule has 0 aromatic heterocycles. The number of nitrogens with one attached hydrogen (secondary N) is 1. The maximum Gasteiger partial charge on any atom is 0.219 e. The van der Waals surface area contributed by atoms with E-state index in [4.69, 9.17) is 5.73 Å². The largest absolute Gasteiger partial charge is 0.370 e. The highest BCUT2D eigenvalue weighted by Crippen LogP contribution is 2.12. The molecule has 1 aromatic carbocycles. The van der Waals surface area contributed by atoms with Gasteiger partial charge in [0.1, 0.15) is 0 Å². The first kappa shape index (κ1) is 13.2. The van der Waals surface area contributed by atoms with Crippen LogP contribution in [-0.2, 0) is 11.3 Å². The van der Waals surface area contributed by atoms with Gasteiger partial charge >= 0.3 is 0 Å². The van der Waals surface area contributed by atoms with Crippen LogP contribution in [0.5, 0.6) is 0 Å². The normalized spacial score (nSPS) is 11.4. The number of hydrogen-bond acceptors (Lipinski definition) is 2. The van der Waals surface area contributed by atoms with Gasteiger partial charge in [-0.15, -0.1) is 0 Å². The lowest BCUT2D eigenvalue weighted by Gasteiger charge is -2.24. The highest BCUT2D eigenvalue weighted by atomic mass is 79.9. The van der Waals surface area contributed by atoms with E-state index in [1.165, 1.54) is 5.56 Å². The Kier molecular flexibility index (Phi) is 4.50. The minimum atomic E-state index is -0.284. The van der Waals surface area contributed by atoms with Gasteiger partial charge in [-0.3, -0.25) is 4.79 Å². The van der Waals surface area contributed by atoms with Crippen molar-refractivity contribution in [3.05, 3.63) is 34.3 Å². The summed E-state index contributed by atoms with van der Waals surface area (Å²) in [6.45, 7) is 4.67. The predicted molar refractivity (Wildman–Crippen MR) is 68.9 cm³/mol. The fourth-order valence-electron chi connectivity index (χ4n) is 1.44. The summed E-state index contributed by atoms with van der Waals surface area (Å²) >= 11 is 3.39. The van der Waals surface area contributed by atoms with Crippen LogP contribution in [0.25, 0.3) is 0 Å². The SMILES string of the molecule is CC(C)(CC(N)=O)NCc1ccc(Br)cc1. The highest BCUT2D eigenvalue weighted by Gasteiger charge is 2.19. The molecule has 0 atom stereocenters. The van der Waals surface area contributed by atoms with Crippen molar-refractivity contribution in [3.63, 3.8) is 0 Å². The molecular formula is C12H17BrN2O. The molecule has 1 amide bonds. The zero-order valence-electron chi connectivity index (χ0n) is 9.59. The minimum Gasteiger partial charge on any atom is -0.370 e. The number of benzene rings is 1. The third-order valence-electron chi connectivity index (χ3n) is 2.30. The molecule has 0 radical (unpaired) electrons. The molecule has 0 unspecified atom stereocenters. The number of carbonyl (C=O) groups is 1. The number of carbonyl (C=O) groups excluding carboxylic acids is 1. The fourth-order valence-corrected chi connectivity index (χ4v) is 1.71.